The van der Waals surface area contributed by atoms with Crippen LogP contribution in [-0.2, 0) is 0 Å². The number of benzene rings is 2. The molecule has 3 heterocycles. The number of aromatic amines is 1. The van der Waals surface area contributed by atoms with Gasteiger partial charge in [-0.1, -0.05) is 12.1 Å². The van der Waals surface area contributed by atoms with E-state index in [1.807, 2.05) is 12.1 Å². The Morgan fingerprint density at radius 2 is 1.97 bits per heavy atom. The van der Waals surface area contributed by atoms with Crippen LogP contribution in [0.5, 0.6) is 0 Å². The van der Waals surface area contributed by atoms with E-state index in [1.165, 1.54) is 18.3 Å². The summed E-state index contributed by atoms with van der Waals surface area (Å²) in [5.41, 5.74) is 5.83. The highest BCUT2D eigenvalue weighted by Gasteiger charge is 2.29. The summed E-state index contributed by atoms with van der Waals surface area (Å²) < 4.78 is 13.5. The maximum absolute atomic E-state index is 13.5. The van der Waals surface area contributed by atoms with E-state index in [4.69, 9.17) is 0 Å². The molecule has 3 N–H and O–H groups in total. The maximum atomic E-state index is 13.5. The van der Waals surface area contributed by atoms with Crippen LogP contribution in [0.25, 0.3) is 33.4 Å². The van der Waals surface area contributed by atoms with E-state index in [-0.39, 0.29) is 11.7 Å². The molecule has 0 spiro atoms. The number of carbonyl (C=O) groups excluding carboxylic acids is 1. The first-order valence-corrected chi connectivity index (χ1v) is 8.95. The molecule has 6 nitrogen and oxygen atoms in total. The van der Waals surface area contributed by atoms with E-state index in [0.29, 0.717) is 28.1 Å². The highest BCUT2D eigenvalue weighted by Crippen LogP contribution is 2.49. The summed E-state index contributed by atoms with van der Waals surface area (Å²) in [6.45, 7) is 0. The lowest BCUT2D eigenvalue weighted by atomic mass is 9.91. The monoisotopic (exact) mass is 383 g/mol. The Hall–Kier alpha value is -4.18. The van der Waals surface area contributed by atoms with Gasteiger partial charge in [0, 0.05) is 24.4 Å². The van der Waals surface area contributed by atoms with Crippen molar-refractivity contribution >= 4 is 28.3 Å². The molecule has 0 aliphatic carbocycles. The number of nitriles is 1. The summed E-state index contributed by atoms with van der Waals surface area (Å²) in [6.07, 6.45) is 1.49. The number of aromatic nitrogens is 2. The van der Waals surface area contributed by atoms with Crippen LogP contribution >= 0.6 is 0 Å². The summed E-state index contributed by atoms with van der Waals surface area (Å²) in [5.74, 6) is -0.562. The molecule has 0 unspecified atom stereocenters. The molecule has 7 heteroatoms. The Morgan fingerprint density at radius 1 is 1.17 bits per heavy atom. The lowest BCUT2D eigenvalue weighted by Crippen LogP contribution is -2.20. The standard InChI is InChI=1S/C22H14FN5O/c1-25-22(29)15-4-2-3-14-16-17-19(27-20(14)15)12(9-24)10-26-21(17)28-18(16)11-5-7-13(23)8-6-11/h2-8,10,27H,1H3,(H,25,29)(H,26,28). The molecule has 1 amide bonds. The first kappa shape index (κ1) is 17.0. The predicted octanol–water partition coefficient (Wildman–Crippen LogP) is 4.32. The van der Waals surface area contributed by atoms with Crippen molar-refractivity contribution in [3.05, 3.63) is 65.6 Å². The zero-order valence-corrected chi connectivity index (χ0v) is 15.3. The Labute approximate surface area is 165 Å². The average molecular weight is 383 g/mol. The molecule has 0 fully saturated rings. The van der Waals surface area contributed by atoms with Crippen molar-refractivity contribution < 1.29 is 9.18 Å². The Bertz CT molecular complexity index is 1350. The summed E-state index contributed by atoms with van der Waals surface area (Å²) in [4.78, 5) is 20.1. The summed E-state index contributed by atoms with van der Waals surface area (Å²) in [6, 6.07) is 13.8. The Balaban J connectivity index is 1.90. The van der Waals surface area contributed by atoms with Crippen LogP contribution in [0.1, 0.15) is 15.9 Å². The highest BCUT2D eigenvalue weighted by molar-refractivity contribution is 6.18. The average Bonchev–Trinajstić information content (AvgIpc) is 3.14. The number of anilines is 2. The first-order valence-electron chi connectivity index (χ1n) is 8.95. The van der Waals surface area contributed by atoms with Crippen molar-refractivity contribution in [1.82, 2.24) is 15.3 Å². The number of hydrogen-bond acceptors (Lipinski definition) is 4. The Kier molecular flexibility index (Phi) is 3.61. The van der Waals surface area contributed by atoms with Crippen molar-refractivity contribution in [3.63, 3.8) is 0 Å². The number of pyridine rings is 1. The first-order chi connectivity index (χ1) is 14.1. The van der Waals surface area contributed by atoms with Gasteiger partial charge in [-0.2, -0.15) is 5.26 Å². The number of nitrogens with zero attached hydrogens (tertiary/aromatic N) is 2. The summed E-state index contributed by atoms with van der Waals surface area (Å²) >= 11 is 0. The van der Waals surface area contributed by atoms with E-state index in [9.17, 15) is 14.4 Å². The zero-order valence-electron chi connectivity index (χ0n) is 15.3. The molecule has 2 aromatic heterocycles. The van der Waals surface area contributed by atoms with Crippen molar-refractivity contribution in [2.24, 2.45) is 0 Å². The third kappa shape index (κ3) is 2.39. The van der Waals surface area contributed by atoms with Gasteiger partial charge in [0.25, 0.3) is 5.91 Å². The number of hydrogen-bond donors (Lipinski definition) is 3. The fraction of sp³-hybridized carbons (Fsp3) is 0.0455. The quantitative estimate of drug-likeness (QED) is 0.423. The van der Waals surface area contributed by atoms with Gasteiger partial charge in [0.15, 0.2) is 0 Å². The second-order valence-corrected chi connectivity index (χ2v) is 6.70. The smallest absolute Gasteiger partial charge is 0.253 e. The normalized spacial score (nSPS) is 11.5. The third-order valence-electron chi connectivity index (χ3n) is 5.13. The lowest BCUT2D eigenvalue weighted by Gasteiger charge is -2.23. The van der Waals surface area contributed by atoms with E-state index in [0.717, 1.165) is 27.8 Å². The molecule has 5 rings (SSSR count). The molecule has 1 aliphatic heterocycles. The molecule has 1 aliphatic rings. The molecule has 140 valence electrons. The molecule has 0 atom stereocenters. The third-order valence-corrected chi connectivity index (χ3v) is 5.13. The molecule has 0 saturated heterocycles. The minimum absolute atomic E-state index is 0.236. The van der Waals surface area contributed by atoms with E-state index >= 15 is 0 Å². The van der Waals surface area contributed by atoms with Crippen molar-refractivity contribution in [2.45, 2.75) is 0 Å². The molecule has 29 heavy (non-hydrogen) atoms. The minimum atomic E-state index is -0.326. The van der Waals surface area contributed by atoms with Gasteiger partial charge in [-0.15, -0.1) is 0 Å². The fourth-order valence-electron chi connectivity index (χ4n) is 3.82. The molecule has 0 radical (unpaired) electrons. The number of carbonyl (C=O) groups is 1. The molecule has 0 saturated carbocycles. The number of nitrogens with one attached hydrogen (secondary N) is 3. The van der Waals surface area contributed by atoms with E-state index in [2.05, 4.69) is 26.7 Å². The van der Waals surface area contributed by atoms with E-state index < -0.39 is 0 Å². The molecule has 2 aromatic carbocycles. The Morgan fingerprint density at radius 3 is 2.69 bits per heavy atom. The number of fused-ring (bicyclic) bond motifs is 2. The summed E-state index contributed by atoms with van der Waals surface area (Å²) in [7, 11) is 1.57. The van der Waals surface area contributed by atoms with Gasteiger partial charge in [0.1, 0.15) is 17.5 Å². The second-order valence-electron chi connectivity index (χ2n) is 6.70. The summed E-state index contributed by atoms with van der Waals surface area (Å²) in [5, 5.41) is 16.3. The number of para-hydroxylation sites is 1. The predicted molar refractivity (Wildman–Crippen MR) is 108 cm³/mol. The van der Waals surface area contributed by atoms with Gasteiger partial charge >= 0.3 is 0 Å². The van der Waals surface area contributed by atoms with Crippen molar-refractivity contribution in [2.75, 3.05) is 12.4 Å². The molecular formula is C22H14FN5O. The van der Waals surface area contributed by atoms with Crippen LogP contribution in [0.2, 0.25) is 0 Å². The van der Waals surface area contributed by atoms with Gasteiger partial charge in [-0.3, -0.25) is 4.79 Å². The number of halogens is 1. The van der Waals surface area contributed by atoms with Crippen LogP contribution in [0.3, 0.4) is 0 Å². The van der Waals surface area contributed by atoms with Crippen LogP contribution in [0, 0.1) is 17.1 Å². The van der Waals surface area contributed by atoms with Crippen molar-refractivity contribution in [3.8, 4) is 28.5 Å². The van der Waals surface area contributed by atoms with Gasteiger partial charge in [0.05, 0.1) is 33.6 Å². The van der Waals surface area contributed by atoms with Gasteiger partial charge in [-0.05, 0) is 35.9 Å². The second kappa shape index (κ2) is 6.17. The van der Waals surface area contributed by atoms with Crippen LogP contribution < -0.4 is 10.6 Å². The van der Waals surface area contributed by atoms with Gasteiger partial charge in [-0.25, -0.2) is 9.37 Å². The zero-order chi connectivity index (χ0) is 20.1. The molecule has 4 aromatic rings. The lowest BCUT2D eigenvalue weighted by molar-refractivity contribution is 0.0964. The number of amides is 1. The van der Waals surface area contributed by atoms with Gasteiger partial charge < -0.3 is 15.6 Å². The topological polar surface area (TPSA) is 93.6 Å². The fourth-order valence-corrected chi connectivity index (χ4v) is 3.82. The molecule has 0 bridgehead atoms. The number of rotatable bonds is 2. The SMILES string of the molecule is CNC(=O)c1cccc2c1Nc1c(C#N)cnc3[nH]c(-c4ccc(F)cc4)c-2c13. The van der Waals surface area contributed by atoms with Crippen molar-refractivity contribution in [1.29, 1.82) is 5.26 Å². The largest absolute Gasteiger partial charge is 0.355 e. The maximum Gasteiger partial charge on any atom is 0.253 e. The highest BCUT2D eigenvalue weighted by atomic mass is 19.1. The van der Waals surface area contributed by atoms with Crippen LogP contribution in [-0.4, -0.2) is 22.9 Å². The molecular weight excluding hydrogens is 369 g/mol. The van der Waals surface area contributed by atoms with Crippen LogP contribution in [0.4, 0.5) is 15.8 Å². The number of H-pyrrole nitrogens is 1. The van der Waals surface area contributed by atoms with Crippen LogP contribution in [0.15, 0.2) is 48.7 Å². The minimum Gasteiger partial charge on any atom is -0.355 e. The van der Waals surface area contributed by atoms with Gasteiger partial charge in [0.2, 0.25) is 0 Å². The van der Waals surface area contributed by atoms with E-state index in [1.54, 1.807) is 25.2 Å².